The minimum absolute atomic E-state index is 0.0464. The van der Waals surface area contributed by atoms with Crippen LogP contribution < -0.4 is 20.7 Å². The van der Waals surface area contributed by atoms with Crippen molar-refractivity contribution in [1.29, 1.82) is 0 Å². The molecular formula is C46H81N7O6S. The highest BCUT2D eigenvalue weighted by Gasteiger charge is 2.63. The molecule has 60 heavy (non-hydrogen) atoms. The van der Waals surface area contributed by atoms with Crippen LogP contribution in [0.15, 0.2) is 0 Å². The lowest BCUT2D eigenvalue weighted by Crippen LogP contribution is -2.63. The molecule has 342 valence electrons. The second-order valence-corrected chi connectivity index (χ2v) is 22.4. The molecule has 2 aliphatic heterocycles. The first-order valence-electron chi connectivity index (χ1n) is 23.6. The number of hydrogen-bond acceptors (Lipinski definition) is 7. The number of likely N-dealkylation sites (tertiary alicyclic amines) is 2. The van der Waals surface area contributed by atoms with Crippen LogP contribution >= 0.6 is 0 Å². The molecule has 2 heterocycles. The molecule has 5 rings (SSSR count). The summed E-state index contributed by atoms with van der Waals surface area (Å²) in [5, 5.41) is 9.55. The van der Waals surface area contributed by atoms with Crippen LogP contribution in [0.25, 0.3) is 0 Å². The van der Waals surface area contributed by atoms with Crippen molar-refractivity contribution >= 4 is 40.7 Å². The van der Waals surface area contributed by atoms with Gasteiger partial charge in [-0.2, -0.15) is 0 Å². The van der Waals surface area contributed by atoms with Crippen LogP contribution in [0.3, 0.4) is 0 Å². The predicted octanol–water partition coefficient (Wildman–Crippen LogP) is 5.60. The lowest BCUT2D eigenvalue weighted by molar-refractivity contribution is -0.145. The van der Waals surface area contributed by atoms with Gasteiger partial charge < -0.3 is 20.9 Å². The third kappa shape index (κ3) is 10.1. The number of piperidine rings is 1. The molecule has 0 spiro atoms. The van der Waals surface area contributed by atoms with Crippen molar-refractivity contribution in [3.05, 3.63) is 0 Å². The molecule has 3 aliphatic carbocycles. The maximum absolute atomic E-state index is 15.3. The van der Waals surface area contributed by atoms with Gasteiger partial charge in [0.2, 0.25) is 23.6 Å². The van der Waals surface area contributed by atoms with E-state index >= 15 is 4.79 Å². The van der Waals surface area contributed by atoms with Crippen LogP contribution in [0.5, 0.6) is 0 Å². The molecule has 4 N–H and O–H groups in total. The molecule has 5 aliphatic rings. The summed E-state index contributed by atoms with van der Waals surface area (Å²) in [5.74, 6) is -1.40. The number of amides is 5. The van der Waals surface area contributed by atoms with Gasteiger partial charge in [-0.3, -0.25) is 33.6 Å². The minimum atomic E-state index is -1.76. The molecule has 0 aromatic carbocycles. The Hall–Kier alpha value is -2.58. The van der Waals surface area contributed by atoms with Crippen LogP contribution in [-0.2, 0) is 35.1 Å². The third-order valence-electron chi connectivity index (χ3n) is 15.9. The lowest BCUT2D eigenvalue weighted by Gasteiger charge is -2.50. The Morgan fingerprint density at radius 2 is 1.43 bits per heavy atom. The van der Waals surface area contributed by atoms with Gasteiger partial charge in [-0.15, -0.1) is 0 Å². The van der Waals surface area contributed by atoms with E-state index in [1.54, 1.807) is 9.21 Å². The fourth-order valence-electron chi connectivity index (χ4n) is 11.0. The SMILES string of the molecule is CCC1CC1(NC(=O)C1CC(C)(C(C)(C)C2CCC2)CN1C(=O)C(NC(=O)C(NC(=O)C1CCCCN1C(C)C)C1CCCCC1)C(C)(C)C)C(=O)NS(=O)N(CC)CC. The van der Waals surface area contributed by atoms with Crippen molar-refractivity contribution in [2.45, 2.75) is 202 Å². The molecule has 13 nitrogen and oxygen atoms in total. The van der Waals surface area contributed by atoms with E-state index in [1.807, 2.05) is 41.5 Å². The lowest BCUT2D eigenvalue weighted by atomic mass is 9.54. The highest BCUT2D eigenvalue weighted by molar-refractivity contribution is 7.81. The number of nitrogens with zero attached hydrogens (tertiary/aromatic N) is 3. The average molecular weight is 860 g/mol. The first-order chi connectivity index (χ1) is 28.1. The highest BCUT2D eigenvalue weighted by Crippen LogP contribution is 2.57. The molecule has 0 radical (unpaired) electrons. The topological polar surface area (TPSA) is 160 Å². The van der Waals surface area contributed by atoms with Gasteiger partial charge in [0.1, 0.15) is 23.7 Å². The number of rotatable bonds is 17. The van der Waals surface area contributed by atoms with Crippen molar-refractivity contribution in [2.24, 2.45) is 34.0 Å². The first-order valence-corrected chi connectivity index (χ1v) is 24.7. The van der Waals surface area contributed by atoms with Crippen molar-refractivity contribution in [3.8, 4) is 0 Å². The first kappa shape index (κ1) is 48.5. The molecule has 3 saturated carbocycles. The Labute approximate surface area is 364 Å². The Kier molecular flexibility index (Phi) is 15.7. The molecule has 14 heteroatoms. The molecule has 0 bridgehead atoms. The zero-order valence-electron chi connectivity index (χ0n) is 39.0. The fourth-order valence-corrected chi connectivity index (χ4v) is 11.9. The van der Waals surface area contributed by atoms with Crippen LogP contribution in [0.2, 0.25) is 0 Å². The number of nitrogens with one attached hydrogen (secondary N) is 4. The number of hydrogen-bond donors (Lipinski definition) is 4. The summed E-state index contributed by atoms with van der Waals surface area (Å²) in [6.07, 6.45) is 12.3. The van der Waals surface area contributed by atoms with Gasteiger partial charge in [-0.25, -0.2) is 8.51 Å². The van der Waals surface area contributed by atoms with Gasteiger partial charge in [-0.05, 0) is 106 Å². The van der Waals surface area contributed by atoms with E-state index in [1.165, 1.54) is 0 Å². The monoisotopic (exact) mass is 860 g/mol. The van der Waals surface area contributed by atoms with E-state index in [4.69, 9.17) is 0 Å². The highest BCUT2D eigenvalue weighted by atomic mass is 32.2. The molecule has 2 saturated heterocycles. The molecule has 5 fully saturated rings. The van der Waals surface area contributed by atoms with Crippen LogP contribution in [0, 0.1) is 34.0 Å². The largest absolute Gasteiger partial charge is 0.343 e. The fraction of sp³-hybridized carbons (Fsp3) is 0.891. The maximum atomic E-state index is 15.3. The van der Waals surface area contributed by atoms with Gasteiger partial charge in [-0.1, -0.05) is 101 Å². The standard InChI is InChI=1S/C46H81N7O6S/c1-12-32-27-46(32,42(58)50-60(59)51(13-2)14-3)49-39(55)35-28-45(11,44(9,10)33-23-20-24-33)29-53(35)41(57)37(43(6,7)8)48-40(56)36(31-21-16-15-17-22-31)47-38(54)34-25-18-19-26-52(34)30(4)5/h30-37H,12-29H2,1-11H3,(H,47,54)(H,48,56)(H,49,55)(H,50,58). The molecule has 0 aromatic rings. The zero-order chi connectivity index (χ0) is 44.4. The Morgan fingerprint density at radius 1 is 0.800 bits per heavy atom. The summed E-state index contributed by atoms with van der Waals surface area (Å²) in [5.41, 5.74) is -2.59. The second kappa shape index (κ2) is 19.4. The Bertz CT molecular complexity index is 1590. The van der Waals surface area contributed by atoms with Gasteiger partial charge in [0.15, 0.2) is 11.2 Å². The third-order valence-corrected chi connectivity index (χ3v) is 17.2. The summed E-state index contributed by atoms with van der Waals surface area (Å²) in [6, 6.07) is -2.77. The zero-order valence-corrected chi connectivity index (χ0v) is 39.9. The maximum Gasteiger partial charge on any atom is 0.258 e. The summed E-state index contributed by atoms with van der Waals surface area (Å²) < 4.78 is 17.4. The van der Waals surface area contributed by atoms with Crippen molar-refractivity contribution in [1.82, 2.24) is 34.8 Å². The molecule has 0 aromatic heterocycles. The van der Waals surface area contributed by atoms with Crippen LogP contribution in [0.4, 0.5) is 0 Å². The van der Waals surface area contributed by atoms with E-state index in [0.29, 0.717) is 44.8 Å². The normalized spacial score (nSPS) is 29.7. The van der Waals surface area contributed by atoms with E-state index < -0.39 is 57.5 Å². The summed E-state index contributed by atoms with van der Waals surface area (Å²) in [6.45, 7) is 24.6. The van der Waals surface area contributed by atoms with E-state index in [-0.39, 0.29) is 47.1 Å². The van der Waals surface area contributed by atoms with Crippen molar-refractivity contribution in [3.63, 3.8) is 0 Å². The van der Waals surface area contributed by atoms with E-state index in [2.05, 4.69) is 60.2 Å². The van der Waals surface area contributed by atoms with Gasteiger partial charge >= 0.3 is 0 Å². The quantitative estimate of drug-likeness (QED) is 0.148. The second-order valence-electron chi connectivity index (χ2n) is 21.2. The van der Waals surface area contributed by atoms with Crippen molar-refractivity contribution < 1.29 is 28.2 Å². The van der Waals surface area contributed by atoms with Gasteiger partial charge in [0, 0.05) is 25.7 Å². The van der Waals surface area contributed by atoms with Crippen LogP contribution in [0.1, 0.15) is 166 Å². The van der Waals surface area contributed by atoms with E-state index in [0.717, 1.165) is 77.2 Å². The predicted molar refractivity (Wildman–Crippen MR) is 237 cm³/mol. The summed E-state index contributed by atoms with van der Waals surface area (Å²) >= 11 is -1.76. The van der Waals surface area contributed by atoms with Gasteiger partial charge in [0.25, 0.3) is 5.91 Å². The smallest absolute Gasteiger partial charge is 0.258 e. The number of carbonyl (C=O) groups is 5. The van der Waals surface area contributed by atoms with E-state index in [9.17, 15) is 23.4 Å². The number of carbonyl (C=O) groups excluding carboxylic acids is 5. The Morgan fingerprint density at radius 3 is 1.97 bits per heavy atom. The summed E-state index contributed by atoms with van der Waals surface area (Å²) in [7, 11) is 0. The van der Waals surface area contributed by atoms with Crippen LogP contribution in [-0.4, -0.2) is 110 Å². The molecule has 8 unspecified atom stereocenters. The Balaban J connectivity index is 1.44. The molecular weight excluding hydrogens is 779 g/mol. The average Bonchev–Trinajstić information content (AvgIpc) is 3.77. The van der Waals surface area contributed by atoms with Crippen molar-refractivity contribution in [2.75, 3.05) is 26.2 Å². The van der Waals surface area contributed by atoms with Gasteiger partial charge in [0.05, 0.1) is 6.04 Å². The minimum Gasteiger partial charge on any atom is -0.343 e. The molecule has 8 atom stereocenters. The molecule has 5 amide bonds. The summed E-state index contributed by atoms with van der Waals surface area (Å²) in [4.78, 5) is 76.8.